The predicted octanol–water partition coefficient (Wildman–Crippen LogP) is 3.79. The number of amides is 1. The van der Waals surface area contributed by atoms with Crippen LogP contribution in [0, 0.1) is 11.8 Å². The molecule has 8 heteroatoms. The molecule has 168 valence electrons. The molecule has 1 amide bonds. The fourth-order valence-corrected chi connectivity index (χ4v) is 4.89. The van der Waals surface area contributed by atoms with Crippen LogP contribution in [-0.2, 0) is 6.42 Å². The number of halogens is 1. The third-order valence-corrected chi connectivity index (χ3v) is 6.77. The highest BCUT2D eigenvalue weighted by Crippen LogP contribution is 2.41. The van der Waals surface area contributed by atoms with E-state index in [-0.39, 0.29) is 17.4 Å². The van der Waals surface area contributed by atoms with Gasteiger partial charge in [-0.15, -0.1) is 11.6 Å². The monoisotopic (exact) mass is 453 g/mol. The number of carbonyl (C=O) groups excluding carboxylic acids is 1. The maximum Gasteiger partial charge on any atom is 0.256 e. The summed E-state index contributed by atoms with van der Waals surface area (Å²) in [6.45, 7) is 6.45. The minimum atomic E-state index is -0.224. The molecular weight excluding hydrogens is 426 g/mol. The first-order chi connectivity index (χ1) is 15.5. The van der Waals surface area contributed by atoms with Gasteiger partial charge in [0, 0.05) is 36.1 Å². The summed E-state index contributed by atoms with van der Waals surface area (Å²) in [4.78, 5) is 32.6. The second-order valence-corrected chi connectivity index (χ2v) is 8.85. The summed E-state index contributed by atoms with van der Waals surface area (Å²) in [6, 6.07) is 3.93. The van der Waals surface area contributed by atoms with Gasteiger partial charge in [-0.1, -0.05) is 26.0 Å². The minimum absolute atomic E-state index is 0.0143. The average Bonchev–Trinajstić information content (AvgIpc) is 3.23. The molecule has 0 radical (unpaired) electrons. The molecule has 0 spiro atoms. The van der Waals surface area contributed by atoms with Crippen molar-refractivity contribution in [3.05, 3.63) is 70.0 Å². The molecular formula is C24H28ClN5O2. The molecule has 0 aliphatic heterocycles. The van der Waals surface area contributed by atoms with Gasteiger partial charge in [-0.25, -0.2) is 9.50 Å². The lowest BCUT2D eigenvalue weighted by Crippen LogP contribution is -2.30. The van der Waals surface area contributed by atoms with Gasteiger partial charge in [0.1, 0.15) is 5.56 Å². The molecule has 1 aliphatic rings. The maximum absolute atomic E-state index is 12.5. The van der Waals surface area contributed by atoms with Crippen LogP contribution in [0.15, 0.2) is 42.1 Å². The van der Waals surface area contributed by atoms with Gasteiger partial charge in [0.2, 0.25) is 0 Å². The van der Waals surface area contributed by atoms with Crippen LogP contribution in [0.4, 0.5) is 0 Å². The summed E-state index contributed by atoms with van der Waals surface area (Å²) in [7, 11) is 0. The number of nitrogens with one attached hydrogen (secondary N) is 2. The van der Waals surface area contributed by atoms with E-state index in [4.69, 9.17) is 16.6 Å². The Kier molecular flexibility index (Phi) is 6.74. The van der Waals surface area contributed by atoms with Crippen molar-refractivity contribution in [2.24, 2.45) is 11.8 Å². The molecule has 3 atom stereocenters. The third kappa shape index (κ3) is 4.48. The number of hydrogen-bond donors (Lipinski definition) is 2. The first-order valence-electron chi connectivity index (χ1n) is 11.0. The summed E-state index contributed by atoms with van der Waals surface area (Å²) >= 11 is 5.68. The van der Waals surface area contributed by atoms with E-state index in [1.165, 1.54) is 6.20 Å². The number of aromatic nitrogens is 4. The molecule has 3 unspecified atom stereocenters. The number of aromatic amines is 1. The number of nitrogens with zero attached hydrogens (tertiary/aromatic N) is 3. The number of carbonyl (C=O) groups is 1. The van der Waals surface area contributed by atoms with Crippen molar-refractivity contribution in [2.45, 2.75) is 38.5 Å². The van der Waals surface area contributed by atoms with Crippen LogP contribution in [0.25, 0.3) is 11.7 Å². The average molecular weight is 454 g/mol. The van der Waals surface area contributed by atoms with E-state index in [0.29, 0.717) is 35.5 Å². The van der Waals surface area contributed by atoms with Crippen LogP contribution in [0.2, 0.25) is 0 Å². The van der Waals surface area contributed by atoms with E-state index in [1.54, 1.807) is 16.8 Å². The highest BCUT2D eigenvalue weighted by Gasteiger charge is 2.32. The van der Waals surface area contributed by atoms with Crippen molar-refractivity contribution in [2.75, 3.05) is 12.4 Å². The second kappa shape index (κ2) is 9.69. The SMILES string of the molecule is C=Cc1c[nH]c(=O)c(C2CCCC(Cc3ccn4ncc(C(=O)NCCCl)c4n3)C2C)c1. The Balaban J connectivity index is 1.56. The van der Waals surface area contributed by atoms with Gasteiger partial charge in [-0.3, -0.25) is 9.59 Å². The van der Waals surface area contributed by atoms with Gasteiger partial charge in [0.25, 0.3) is 11.5 Å². The zero-order valence-electron chi connectivity index (χ0n) is 18.2. The van der Waals surface area contributed by atoms with Crippen LogP contribution in [0.3, 0.4) is 0 Å². The first-order valence-corrected chi connectivity index (χ1v) is 11.6. The molecule has 0 aromatic carbocycles. The Morgan fingerprint density at radius 3 is 3.06 bits per heavy atom. The van der Waals surface area contributed by atoms with Crippen molar-refractivity contribution in [1.82, 2.24) is 24.9 Å². The van der Waals surface area contributed by atoms with Crippen molar-refractivity contribution >= 4 is 29.2 Å². The van der Waals surface area contributed by atoms with Gasteiger partial charge in [-0.05, 0) is 54.7 Å². The molecule has 1 aliphatic carbocycles. The van der Waals surface area contributed by atoms with Crippen molar-refractivity contribution in [3.8, 4) is 0 Å². The standard InChI is InChI=1S/C24H28ClN5O2/c1-3-16-11-20(23(31)27-13-16)19-6-4-5-17(15(19)2)12-18-7-10-30-22(29-18)21(14-28-30)24(32)26-9-8-25/h3,7,10-11,13-15,17,19H,1,4-6,8-9,12H2,2H3,(H,26,32)(H,27,31). The van der Waals surface area contributed by atoms with Crippen LogP contribution in [0.5, 0.6) is 0 Å². The Hall–Kier alpha value is -2.93. The lowest BCUT2D eigenvalue weighted by Gasteiger charge is -2.36. The molecule has 1 fully saturated rings. The highest BCUT2D eigenvalue weighted by atomic mass is 35.5. The number of rotatable bonds is 7. The summed E-state index contributed by atoms with van der Waals surface area (Å²) in [5.41, 5.74) is 3.68. The fourth-order valence-electron chi connectivity index (χ4n) is 4.80. The van der Waals surface area contributed by atoms with Crippen LogP contribution < -0.4 is 10.9 Å². The lowest BCUT2D eigenvalue weighted by molar-refractivity contribution is 0.0957. The van der Waals surface area contributed by atoms with Gasteiger partial charge < -0.3 is 10.3 Å². The summed E-state index contributed by atoms with van der Waals surface area (Å²) in [5, 5.41) is 7.01. The largest absolute Gasteiger partial charge is 0.351 e. The van der Waals surface area contributed by atoms with E-state index in [0.717, 1.165) is 42.5 Å². The Morgan fingerprint density at radius 2 is 2.28 bits per heavy atom. The Labute approximate surface area is 191 Å². The van der Waals surface area contributed by atoms with Gasteiger partial charge in [0.15, 0.2) is 5.65 Å². The smallest absolute Gasteiger partial charge is 0.256 e. The molecule has 0 saturated heterocycles. The fraction of sp³-hybridized carbons (Fsp3) is 0.417. The predicted molar refractivity (Wildman–Crippen MR) is 126 cm³/mol. The number of alkyl halides is 1. The summed E-state index contributed by atoms with van der Waals surface area (Å²) < 4.78 is 1.62. The number of H-pyrrole nitrogens is 1. The van der Waals surface area contributed by atoms with Crippen molar-refractivity contribution in [1.29, 1.82) is 0 Å². The zero-order valence-corrected chi connectivity index (χ0v) is 18.9. The molecule has 4 rings (SSSR count). The molecule has 7 nitrogen and oxygen atoms in total. The van der Waals surface area contributed by atoms with E-state index in [1.807, 2.05) is 18.3 Å². The molecule has 0 bridgehead atoms. The second-order valence-electron chi connectivity index (χ2n) is 8.47. The third-order valence-electron chi connectivity index (χ3n) is 6.58. The summed E-state index contributed by atoms with van der Waals surface area (Å²) in [5.74, 6) is 1.06. The molecule has 1 saturated carbocycles. The Bertz CT molecular complexity index is 1180. The normalized spacial score (nSPS) is 20.9. The van der Waals surface area contributed by atoms with Crippen LogP contribution in [0.1, 0.15) is 59.3 Å². The van der Waals surface area contributed by atoms with E-state index in [2.05, 4.69) is 28.9 Å². The molecule has 32 heavy (non-hydrogen) atoms. The highest BCUT2D eigenvalue weighted by molar-refractivity contribution is 6.18. The zero-order chi connectivity index (χ0) is 22.7. The topological polar surface area (TPSA) is 92.1 Å². The molecule has 3 aromatic rings. The van der Waals surface area contributed by atoms with E-state index < -0.39 is 0 Å². The number of hydrogen-bond acceptors (Lipinski definition) is 4. The van der Waals surface area contributed by atoms with E-state index in [9.17, 15) is 9.59 Å². The van der Waals surface area contributed by atoms with Crippen LogP contribution >= 0.6 is 11.6 Å². The number of pyridine rings is 1. The van der Waals surface area contributed by atoms with Gasteiger partial charge in [0.05, 0.1) is 6.20 Å². The van der Waals surface area contributed by atoms with Crippen molar-refractivity contribution in [3.63, 3.8) is 0 Å². The van der Waals surface area contributed by atoms with Gasteiger partial charge >= 0.3 is 0 Å². The van der Waals surface area contributed by atoms with Crippen LogP contribution in [-0.4, -0.2) is 37.9 Å². The quantitative estimate of drug-likeness (QED) is 0.532. The molecule has 3 heterocycles. The maximum atomic E-state index is 12.5. The Morgan fingerprint density at radius 1 is 1.44 bits per heavy atom. The minimum Gasteiger partial charge on any atom is -0.351 e. The van der Waals surface area contributed by atoms with E-state index >= 15 is 0 Å². The molecule has 3 aromatic heterocycles. The van der Waals surface area contributed by atoms with Gasteiger partial charge in [-0.2, -0.15) is 5.10 Å². The summed E-state index contributed by atoms with van der Waals surface area (Å²) in [6.07, 6.45) is 10.8. The number of fused-ring (bicyclic) bond motifs is 1. The lowest BCUT2D eigenvalue weighted by atomic mass is 9.69. The first kappa shape index (κ1) is 22.3. The van der Waals surface area contributed by atoms with Crippen molar-refractivity contribution < 1.29 is 4.79 Å². The molecule has 2 N–H and O–H groups in total.